The van der Waals surface area contributed by atoms with Crippen molar-refractivity contribution in [2.75, 3.05) is 13.2 Å². The highest BCUT2D eigenvalue weighted by Gasteiger charge is 2.51. The first-order valence-corrected chi connectivity index (χ1v) is 4.30. The molecule has 0 aromatic heterocycles. The van der Waals surface area contributed by atoms with Crippen molar-refractivity contribution in [1.82, 2.24) is 0 Å². The maximum absolute atomic E-state index is 11.3. The molecule has 3 heteroatoms. The van der Waals surface area contributed by atoms with Gasteiger partial charge in [-0.15, -0.1) is 0 Å². The van der Waals surface area contributed by atoms with E-state index < -0.39 is 0 Å². The van der Waals surface area contributed by atoms with Crippen LogP contribution in [-0.2, 0) is 14.3 Å². The number of carbonyl (C=O) groups is 1. The Labute approximate surface area is 70.3 Å². The van der Waals surface area contributed by atoms with Crippen LogP contribution in [-0.4, -0.2) is 30.7 Å². The Morgan fingerprint density at radius 1 is 1.58 bits per heavy atom. The second kappa shape index (κ2) is 1.98. The number of ketones is 1. The van der Waals surface area contributed by atoms with Crippen LogP contribution >= 0.6 is 0 Å². The number of Topliss-reactive ketones (excluding diaryl/α,β-unsaturated/α-hetero) is 1. The minimum Gasteiger partial charge on any atom is -0.374 e. The lowest BCUT2D eigenvalue weighted by Crippen LogP contribution is -2.40. The van der Waals surface area contributed by atoms with Gasteiger partial charge in [-0.2, -0.15) is 0 Å². The van der Waals surface area contributed by atoms with E-state index in [1.54, 1.807) is 0 Å². The molecule has 2 fully saturated rings. The molecule has 2 unspecified atom stereocenters. The van der Waals surface area contributed by atoms with Crippen molar-refractivity contribution in [3.63, 3.8) is 0 Å². The summed E-state index contributed by atoms with van der Waals surface area (Å²) >= 11 is 0. The Balaban J connectivity index is 2.05. The van der Waals surface area contributed by atoms with Crippen molar-refractivity contribution in [2.24, 2.45) is 0 Å². The van der Waals surface area contributed by atoms with Gasteiger partial charge < -0.3 is 9.47 Å². The van der Waals surface area contributed by atoms with Gasteiger partial charge in [0.2, 0.25) is 0 Å². The summed E-state index contributed by atoms with van der Waals surface area (Å²) in [6.07, 6.45) is 3.16. The Bertz CT molecular complexity index is 281. The average molecular weight is 166 g/mol. The van der Waals surface area contributed by atoms with E-state index in [0.717, 1.165) is 6.42 Å². The molecule has 3 rings (SSSR count). The maximum Gasteiger partial charge on any atom is 0.165 e. The van der Waals surface area contributed by atoms with Crippen LogP contribution in [0.4, 0.5) is 0 Å². The van der Waals surface area contributed by atoms with Crippen molar-refractivity contribution in [3.05, 3.63) is 11.6 Å². The summed E-state index contributed by atoms with van der Waals surface area (Å²) in [7, 11) is 0. The van der Waals surface area contributed by atoms with Gasteiger partial charge in [0.25, 0.3) is 0 Å². The molecule has 2 saturated heterocycles. The first-order chi connectivity index (χ1) is 5.80. The molecular weight excluding hydrogens is 156 g/mol. The second-order valence-corrected chi connectivity index (χ2v) is 3.68. The predicted octanol–water partition coefficient (Wildman–Crippen LogP) is 0.444. The molecule has 3 heterocycles. The number of rotatable bonds is 0. The Morgan fingerprint density at radius 3 is 3.42 bits per heavy atom. The molecule has 0 N–H and O–H groups in total. The van der Waals surface area contributed by atoms with E-state index in [1.807, 2.05) is 6.08 Å². The lowest BCUT2D eigenvalue weighted by Gasteiger charge is -2.30. The van der Waals surface area contributed by atoms with Gasteiger partial charge in [0, 0.05) is 6.42 Å². The molecule has 1 spiro atoms. The highest BCUT2D eigenvalue weighted by atomic mass is 16.6. The zero-order valence-corrected chi connectivity index (χ0v) is 6.71. The highest BCUT2D eigenvalue weighted by Crippen LogP contribution is 2.43. The quantitative estimate of drug-likeness (QED) is 0.490. The fourth-order valence-electron chi connectivity index (χ4n) is 2.24. The van der Waals surface area contributed by atoms with Crippen molar-refractivity contribution >= 4 is 5.78 Å². The summed E-state index contributed by atoms with van der Waals surface area (Å²) in [6, 6.07) is 0. The summed E-state index contributed by atoms with van der Waals surface area (Å²) in [5, 5.41) is 0. The summed E-state index contributed by atoms with van der Waals surface area (Å²) in [5.41, 5.74) is 0.997. The molecule has 2 atom stereocenters. The van der Waals surface area contributed by atoms with Gasteiger partial charge >= 0.3 is 0 Å². The number of carbonyl (C=O) groups excluding carboxylic acids is 1. The third kappa shape index (κ3) is 0.660. The van der Waals surface area contributed by atoms with E-state index in [9.17, 15) is 4.79 Å². The average Bonchev–Trinajstić information content (AvgIpc) is 2.52. The fourth-order valence-corrected chi connectivity index (χ4v) is 2.24. The number of hydrogen-bond donors (Lipinski definition) is 0. The van der Waals surface area contributed by atoms with Gasteiger partial charge in [-0.3, -0.25) is 4.79 Å². The number of fused-ring (bicyclic) bond motifs is 1. The van der Waals surface area contributed by atoms with Crippen LogP contribution in [0.5, 0.6) is 0 Å². The maximum atomic E-state index is 11.3. The summed E-state index contributed by atoms with van der Waals surface area (Å²) in [6.45, 7) is 1.30. The highest BCUT2D eigenvalue weighted by molar-refractivity contribution is 5.87. The van der Waals surface area contributed by atoms with Gasteiger partial charge in [-0.1, -0.05) is 0 Å². The molecule has 0 aromatic carbocycles. The SMILES string of the molecule is O=C1CCC23COCC2=CC1O3. The molecule has 0 aliphatic carbocycles. The molecule has 0 aromatic rings. The van der Waals surface area contributed by atoms with Gasteiger partial charge in [0.15, 0.2) is 5.78 Å². The molecular formula is C9H10O3. The van der Waals surface area contributed by atoms with Crippen LogP contribution in [0.25, 0.3) is 0 Å². The number of hydrogen-bond acceptors (Lipinski definition) is 3. The van der Waals surface area contributed by atoms with Crippen LogP contribution in [0.3, 0.4) is 0 Å². The van der Waals surface area contributed by atoms with Crippen LogP contribution in [0, 0.1) is 0 Å². The zero-order valence-electron chi connectivity index (χ0n) is 6.71. The molecule has 0 saturated carbocycles. The van der Waals surface area contributed by atoms with Gasteiger partial charge in [0.1, 0.15) is 11.7 Å². The van der Waals surface area contributed by atoms with Crippen LogP contribution in [0.1, 0.15) is 12.8 Å². The van der Waals surface area contributed by atoms with E-state index in [1.165, 1.54) is 5.57 Å². The largest absolute Gasteiger partial charge is 0.374 e. The second-order valence-electron chi connectivity index (χ2n) is 3.68. The van der Waals surface area contributed by atoms with Crippen LogP contribution in [0.15, 0.2) is 11.6 Å². The summed E-state index contributed by atoms with van der Waals surface area (Å²) in [4.78, 5) is 11.3. The number of ether oxygens (including phenoxy) is 2. The fraction of sp³-hybridized carbons (Fsp3) is 0.667. The molecule has 0 radical (unpaired) electrons. The van der Waals surface area contributed by atoms with Crippen LogP contribution < -0.4 is 0 Å². The van der Waals surface area contributed by atoms with E-state index in [2.05, 4.69) is 0 Å². The van der Waals surface area contributed by atoms with Gasteiger partial charge in [-0.25, -0.2) is 0 Å². The lowest BCUT2D eigenvalue weighted by molar-refractivity contribution is -0.144. The van der Waals surface area contributed by atoms with Crippen LogP contribution in [0.2, 0.25) is 0 Å². The minimum absolute atomic E-state index is 0.196. The Hall–Kier alpha value is -0.670. The monoisotopic (exact) mass is 166 g/mol. The van der Waals surface area contributed by atoms with Crippen molar-refractivity contribution < 1.29 is 14.3 Å². The van der Waals surface area contributed by atoms with Crippen molar-refractivity contribution in [2.45, 2.75) is 24.5 Å². The third-order valence-corrected chi connectivity index (χ3v) is 2.98. The summed E-state index contributed by atoms with van der Waals surface area (Å²) in [5.74, 6) is 0.225. The molecule has 3 nitrogen and oxygen atoms in total. The Morgan fingerprint density at radius 2 is 2.50 bits per heavy atom. The van der Waals surface area contributed by atoms with E-state index in [4.69, 9.17) is 9.47 Å². The molecule has 2 bridgehead atoms. The first kappa shape index (κ1) is 6.80. The van der Waals surface area contributed by atoms with Gasteiger partial charge in [-0.05, 0) is 18.1 Å². The molecule has 64 valence electrons. The molecule has 12 heavy (non-hydrogen) atoms. The third-order valence-electron chi connectivity index (χ3n) is 2.98. The van der Waals surface area contributed by atoms with E-state index in [-0.39, 0.29) is 17.5 Å². The molecule has 3 aliphatic heterocycles. The smallest absolute Gasteiger partial charge is 0.165 e. The zero-order chi connectivity index (χ0) is 8.18. The van der Waals surface area contributed by atoms with Crippen molar-refractivity contribution in [3.8, 4) is 0 Å². The summed E-state index contributed by atoms with van der Waals surface area (Å²) < 4.78 is 11.0. The molecule has 0 amide bonds. The molecule has 3 aliphatic rings. The van der Waals surface area contributed by atoms with Crippen molar-refractivity contribution in [1.29, 1.82) is 0 Å². The standard InChI is InChI=1S/C9H10O3/c10-7-1-2-9-5-11-4-6(9)3-8(7)12-9/h3,8H,1-2,4-5H2. The minimum atomic E-state index is -0.252. The Kier molecular flexibility index (Phi) is 1.12. The van der Waals surface area contributed by atoms with E-state index in [0.29, 0.717) is 19.6 Å². The van der Waals surface area contributed by atoms with E-state index >= 15 is 0 Å². The lowest BCUT2D eigenvalue weighted by atomic mass is 9.92. The first-order valence-electron chi connectivity index (χ1n) is 4.30. The topological polar surface area (TPSA) is 35.5 Å². The normalized spacial score (nSPS) is 44.5. The van der Waals surface area contributed by atoms with Gasteiger partial charge in [0.05, 0.1) is 13.2 Å². The predicted molar refractivity (Wildman–Crippen MR) is 40.7 cm³/mol.